The van der Waals surface area contributed by atoms with Crippen LogP contribution in [0.4, 0.5) is 5.69 Å². The van der Waals surface area contributed by atoms with E-state index >= 15 is 0 Å². The fourth-order valence-corrected chi connectivity index (χ4v) is 4.17. The molecule has 0 spiro atoms. The molecule has 0 radical (unpaired) electrons. The second-order valence-electron chi connectivity index (χ2n) is 7.66. The number of aliphatic hydroxyl groups is 1. The van der Waals surface area contributed by atoms with E-state index in [0.717, 1.165) is 5.39 Å². The van der Waals surface area contributed by atoms with Gasteiger partial charge in [0.15, 0.2) is 11.5 Å². The van der Waals surface area contributed by atoms with Crippen molar-refractivity contribution in [3.63, 3.8) is 0 Å². The predicted molar refractivity (Wildman–Crippen MR) is 124 cm³/mol. The van der Waals surface area contributed by atoms with Crippen LogP contribution in [0.1, 0.15) is 29.1 Å². The van der Waals surface area contributed by atoms with Gasteiger partial charge < -0.3 is 14.3 Å². The van der Waals surface area contributed by atoms with Gasteiger partial charge in [-0.1, -0.05) is 54.6 Å². The van der Waals surface area contributed by atoms with E-state index in [0.29, 0.717) is 29.2 Å². The average Bonchev–Trinajstić information content (AvgIpc) is 3.39. The molecule has 3 aromatic carbocycles. The molecule has 2 heterocycles. The molecule has 5 rings (SSSR count). The average molecular weight is 439 g/mol. The molecule has 0 aliphatic carbocycles. The lowest BCUT2D eigenvalue weighted by Gasteiger charge is -2.27. The molecule has 1 aromatic heterocycles. The summed E-state index contributed by atoms with van der Waals surface area (Å²) in [5.74, 6) is -1.12. The Morgan fingerprint density at radius 3 is 2.52 bits per heavy atom. The summed E-state index contributed by atoms with van der Waals surface area (Å²) in [6.45, 7) is 2.34. The Kier molecular flexibility index (Phi) is 5.18. The van der Waals surface area contributed by atoms with Crippen molar-refractivity contribution in [1.29, 1.82) is 0 Å². The van der Waals surface area contributed by atoms with Gasteiger partial charge in [-0.3, -0.25) is 14.5 Å². The van der Waals surface area contributed by atoms with Gasteiger partial charge in [0.1, 0.15) is 11.3 Å². The number of hydrogen-bond acceptors (Lipinski definition) is 5. The summed E-state index contributed by atoms with van der Waals surface area (Å²) in [6, 6.07) is 24.2. The number of amides is 1. The Bertz CT molecular complexity index is 1350. The highest BCUT2D eigenvalue weighted by Gasteiger charge is 2.45. The summed E-state index contributed by atoms with van der Waals surface area (Å²) in [5.41, 5.74) is 1.74. The zero-order valence-corrected chi connectivity index (χ0v) is 17.9. The molecular weight excluding hydrogens is 418 g/mol. The summed E-state index contributed by atoms with van der Waals surface area (Å²) >= 11 is 0. The summed E-state index contributed by atoms with van der Waals surface area (Å²) in [4.78, 5) is 28.3. The Morgan fingerprint density at radius 2 is 1.76 bits per heavy atom. The van der Waals surface area contributed by atoms with Crippen LogP contribution in [0.15, 0.2) is 101 Å². The number of aliphatic hydroxyl groups excluding tert-OH is 1. The van der Waals surface area contributed by atoms with E-state index < -0.39 is 23.5 Å². The van der Waals surface area contributed by atoms with E-state index in [9.17, 15) is 14.7 Å². The Labute approximate surface area is 190 Å². The first-order chi connectivity index (χ1) is 16.1. The third kappa shape index (κ3) is 3.55. The number of benzene rings is 3. The number of rotatable bonds is 6. The zero-order chi connectivity index (χ0) is 22.9. The number of carbonyl (C=O) groups excluding carboxylic acids is 2. The van der Waals surface area contributed by atoms with Crippen molar-refractivity contribution in [1.82, 2.24) is 0 Å². The lowest BCUT2D eigenvalue weighted by molar-refractivity contribution is -0.117. The number of ether oxygens (including phenoxy) is 1. The highest BCUT2D eigenvalue weighted by molar-refractivity contribution is 6.20. The Balaban J connectivity index is 1.64. The smallest absolute Gasteiger partial charge is 0.294 e. The van der Waals surface area contributed by atoms with Crippen LogP contribution in [0.2, 0.25) is 0 Å². The number of para-hydroxylation sites is 1. The van der Waals surface area contributed by atoms with Crippen molar-refractivity contribution in [2.75, 3.05) is 11.5 Å². The van der Waals surface area contributed by atoms with Crippen LogP contribution in [0.25, 0.3) is 11.0 Å². The van der Waals surface area contributed by atoms with Crippen LogP contribution >= 0.6 is 0 Å². The molecule has 1 amide bonds. The third-order valence-corrected chi connectivity index (χ3v) is 5.62. The molecule has 1 aliphatic rings. The Hall–Kier alpha value is -4.32. The molecule has 1 unspecified atom stereocenters. The van der Waals surface area contributed by atoms with Crippen LogP contribution < -0.4 is 9.64 Å². The van der Waals surface area contributed by atoms with Gasteiger partial charge in [0, 0.05) is 17.1 Å². The molecule has 6 heteroatoms. The van der Waals surface area contributed by atoms with E-state index in [2.05, 4.69) is 0 Å². The van der Waals surface area contributed by atoms with Crippen molar-refractivity contribution in [3.8, 4) is 5.75 Å². The quantitative estimate of drug-likeness (QED) is 0.395. The first-order valence-electron chi connectivity index (χ1n) is 10.7. The molecule has 0 saturated carbocycles. The minimum Gasteiger partial charge on any atom is -0.503 e. The van der Waals surface area contributed by atoms with Gasteiger partial charge in [-0.15, -0.1) is 0 Å². The van der Waals surface area contributed by atoms with E-state index in [4.69, 9.17) is 9.15 Å². The molecule has 164 valence electrons. The van der Waals surface area contributed by atoms with Gasteiger partial charge in [-0.05, 0) is 36.8 Å². The predicted octanol–water partition coefficient (Wildman–Crippen LogP) is 5.61. The SMILES string of the molecule is CCOc1cccc(N2C(=O)C(O)=C(C(=O)c3cc4ccccc4o3)C2c2ccccc2)c1. The van der Waals surface area contributed by atoms with Crippen LogP contribution in [-0.4, -0.2) is 23.4 Å². The number of anilines is 1. The van der Waals surface area contributed by atoms with Crippen LogP contribution in [0.3, 0.4) is 0 Å². The maximum Gasteiger partial charge on any atom is 0.294 e. The van der Waals surface area contributed by atoms with E-state index in [1.54, 1.807) is 36.4 Å². The Morgan fingerprint density at radius 1 is 1.00 bits per heavy atom. The molecule has 1 atom stereocenters. The third-order valence-electron chi connectivity index (χ3n) is 5.62. The standard InChI is InChI=1S/C27H21NO5/c1-2-32-20-13-8-12-19(16-20)28-24(17-9-4-3-5-10-17)23(26(30)27(28)31)25(29)22-15-18-11-6-7-14-21(18)33-22/h3-16,24,30H,2H2,1H3. The van der Waals surface area contributed by atoms with Crippen molar-refractivity contribution >= 4 is 28.3 Å². The molecule has 6 nitrogen and oxygen atoms in total. The largest absolute Gasteiger partial charge is 0.503 e. The highest BCUT2D eigenvalue weighted by Crippen LogP contribution is 2.42. The van der Waals surface area contributed by atoms with Crippen LogP contribution in [0.5, 0.6) is 5.75 Å². The molecule has 33 heavy (non-hydrogen) atoms. The lowest BCUT2D eigenvalue weighted by Crippen LogP contribution is -2.31. The van der Waals surface area contributed by atoms with Crippen molar-refractivity contribution in [2.45, 2.75) is 13.0 Å². The van der Waals surface area contributed by atoms with E-state index in [-0.39, 0.29) is 11.3 Å². The van der Waals surface area contributed by atoms with Gasteiger partial charge in [0.25, 0.3) is 5.91 Å². The fraction of sp³-hybridized carbons (Fsp3) is 0.111. The fourth-order valence-electron chi connectivity index (χ4n) is 4.17. The summed E-state index contributed by atoms with van der Waals surface area (Å²) in [6.07, 6.45) is 0. The second-order valence-corrected chi connectivity index (χ2v) is 7.66. The highest BCUT2D eigenvalue weighted by atomic mass is 16.5. The zero-order valence-electron chi connectivity index (χ0n) is 17.9. The van der Waals surface area contributed by atoms with Gasteiger partial charge >= 0.3 is 0 Å². The normalized spacial score (nSPS) is 16.0. The second kappa shape index (κ2) is 8.31. The van der Waals surface area contributed by atoms with Crippen LogP contribution in [-0.2, 0) is 4.79 Å². The van der Waals surface area contributed by atoms with Gasteiger partial charge in [0.05, 0.1) is 18.2 Å². The van der Waals surface area contributed by atoms with Crippen molar-refractivity contribution in [2.24, 2.45) is 0 Å². The summed E-state index contributed by atoms with van der Waals surface area (Å²) in [7, 11) is 0. The van der Waals surface area contributed by atoms with Gasteiger partial charge in [0.2, 0.25) is 5.78 Å². The van der Waals surface area contributed by atoms with Crippen molar-refractivity contribution < 1.29 is 23.8 Å². The molecule has 0 saturated heterocycles. The topological polar surface area (TPSA) is 80.0 Å². The maximum atomic E-state index is 13.6. The number of carbonyl (C=O) groups is 2. The molecule has 0 fully saturated rings. The summed E-state index contributed by atoms with van der Waals surface area (Å²) in [5, 5.41) is 11.7. The van der Waals surface area contributed by atoms with Gasteiger partial charge in [-0.2, -0.15) is 0 Å². The summed E-state index contributed by atoms with van der Waals surface area (Å²) < 4.78 is 11.3. The van der Waals surface area contributed by atoms with Crippen molar-refractivity contribution in [3.05, 3.63) is 108 Å². The first kappa shape index (κ1) is 20.6. The molecule has 1 N–H and O–H groups in total. The number of nitrogens with zero attached hydrogens (tertiary/aromatic N) is 1. The number of fused-ring (bicyclic) bond motifs is 1. The minimum absolute atomic E-state index is 0.0212. The maximum absolute atomic E-state index is 13.6. The molecular formula is C27H21NO5. The molecule has 0 bridgehead atoms. The molecule has 1 aliphatic heterocycles. The lowest BCUT2D eigenvalue weighted by atomic mass is 9.95. The van der Waals surface area contributed by atoms with Gasteiger partial charge in [-0.25, -0.2) is 0 Å². The first-order valence-corrected chi connectivity index (χ1v) is 10.7. The van der Waals surface area contributed by atoms with E-state index in [1.165, 1.54) is 4.90 Å². The van der Waals surface area contributed by atoms with Crippen LogP contribution in [0, 0.1) is 0 Å². The molecule has 4 aromatic rings. The minimum atomic E-state index is -0.823. The number of ketones is 1. The number of furan rings is 1. The van der Waals surface area contributed by atoms with E-state index in [1.807, 2.05) is 55.5 Å². The number of hydrogen-bond donors (Lipinski definition) is 1. The number of Topliss-reactive ketones (excluding diaryl/α,β-unsaturated/α-hetero) is 1. The monoisotopic (exact) mass is 439 g/mol.